The molecule has 0 spiro atoms. The Hall–Kier alpha value is -1.27. The lowest BCUT2D eigenvalue weighted by Crippen LogP contribution is -2.19. The largest absolute Gasteiger partial charge is 0.312 e. The molecule has 1 N–H and O–H groups in total. The van der Waals surface area contributed by atoms with E-state index < -0.39 is 0 Å². The van der Waals surface area contributed by atoms with E-state index in [-0.39, 0.29) is 0 Å². The number of rotatable bonds is 5. The predicted molar refractivity (Wildman–Crippen MR) is 62.3 cm³/mol. The third kappa shape index (κ3) is 3.77. The summed E-state index contributed by atoms with van der Waals surface area (Å²) < 4.78 is 1.81. The van der Waals surface area contributed by atoms with Crippen molar-refractivity contribution in [2.75, 3.05) is 6.54 Å². The van der Waals surface area contributed by atoms with E-state index in [1.54, 1.807) is 0 Å². The molecular formula is C12H19N3. The van der Waals surface area contributed by atoms with Crippen LogP contribution < -0.4 is 5.32 Å². The van der Waals surface area contributed by atoms with Crippen LogP contribution in [-0.4, -0.2) is 16.3 Å². The zero-order valence-corrected chi connectivity index (χ0v) is 9.75. The highest BCUT2D eigenvalue weighted by Crippen LogP contribution is 2.05. The highest BCUT2D eigenvalue weighted by Gasteiger charge is 2.03. The minimum Gasteiger partial charge on any atom is -0.312 e. The molecule has 1 aromatic rings. The Morgan fingerprint density at radius 3 is 2.93 bits per heavy atom. The molecule has 0 aliphatic rings. The van der Waals surface area contributed by atoms with E-state index in [4.69, 9.17) is 6.42 Å². The Morgan fingerprint density at radius 2 is 2.33 bits per heavy atom. The molecule has 0 aliphatic carbocycles. The zero-order valence-electron chi connectivity index (χ0n) is 9.75. The predicted octanol–water partition coefficient (Wildman–Crippen LogP) is 1.57. The van der Waals surface area contributed by atoms with Gasteiger partial charge in [-0.15, -0.1) is 6.42 Å². The number of nitrogens with zero attached hydrogens (tertiary/aromatic N) is 2. The smallest absolute Gasteiger partial charge is 0.101 e. The molecule has 1 rings (SSSR count). The lowest BCUT2D eigenvalue weighted by molar-refractivity contribution is 0.551. The normalized spacial score (nSPS) is 10.6. The standard InChI is InChI=1S/C12H19N3/c1-5-6-15-9-12(11(4)14-15)8-13-7-10(2)3/h1,9-10,13H,6-8H2,2-4H3. The second kappa shape index (κ2) is 5.57. The molecule has 0 radical (unpaired) electrons. The van der Waals surface area contributed by atoms with Crippen LogP contribution in [0.5, 0.6) is 0 Å². The van der Waals surface area contributed by atoms with Gasteiger partial charge in [0.25, 0.3) is 0 Å². The maximum Gasteiger partial charge on any atom is 0.101 e. The zero-order chi connectivity index (χ0) is 11.3. The van der Waals surface area contributed by atoms with Gasteiger partial charge in [-0.3, -0.25) is 4.68 Å². The molecule has 1 heterocycles. The van der Waals surface area contributed by atoms with Crippen molar-refractivity contribution in [2.45, 2.75) is 33.9 Å². The molecular weight excluding hydrogens is 186 g/mol. The van der Waals surface area contributed by atoms with Crippen LogP contribution in [0.25, 0.3) is 0 Å². The van der Waals surface area contributed by atoms with E-state index in [1.807, 2.05) is 17.8 Å². The molecule has 0 unspecified atom stereocenters. The molecule has 0 amide bonds. The highest BCUT2D eigenvalue weighted by molar-refractivity contribution is 5.15. The third-order valence-electron chi connectivity index (χ3n) is 2.17. The molecule has 0 bridgehead atoms. The quantitative estimate of drug-likeness (QED) is 0.739. The van der Waals surface area contributed by atoms with Gasteiger partial charge in [0, 0.05) is 18.3 Å². The van der Waals surface area contributed by atoms with Gasteiger partial charge in [-0.2, -0.15) is 5.10 Å². The lowest BCUT2D eigenvalue weighted by Gasteiger charge is -2.05. The number of nitrogens with one attached hydrogen (secondary N) is 1. The number of aromatic nitrogens is 2. The number of hydrogen-bond acceptors (Lipinski definition) is 2. The van der Waals surface area contributed by atoms with Crippen LogP contribution in [0.2, 0.25) is 0 Å². The summed E-state index contributed by atoms with van der Waals surface area (Å²) in [6.07, 6.45) is 7.25. The van der Waals surface area contributed by atoms with Gasteiger partial charge < -0.3 is 5.32 Å². The van der Waals surface area contributed by atoms with E-state index in [0.29, 0.717) is 12.5 Å². The first-order valence-corrected chi connectivity index (χ1v) is 5.30. The SMILES string of the molecule is C#CCn1cc(CNCC(C)C)c(C)n1. The van der Waals surface area contributed by atoms with Crippen molar-refractivity contribution in [1.29, 1.82) is 0 Å². The Morgan fingerprint density at radius 1 is 1.60 bits per heavy atom. The summed E-state index contributed by atoms with van der Waals surface area (Å²) in [5.41, 5.74) is 2.28. The molecule has 82 valence electrons. The molecule has 0 aliphatic heterocycles. The van der Waals surface area contributed by atoms with Gasteiger partial charge in [-0.25, -0.2) is 0 Å². The van der Waals surface area contributed by atoms with Crippen LogP contribution in [0.3, 0.4) is 0 Å². The Kier molecular flexibility index (Phi) is 4.38. The summed E-state index contributed by atoms with van der Waals surface area (Å²) >= 11 is 0. The summed E-state index contributed by atoms with van der Waals surface area (Å²) in [6, 6.07) is 0. The van der Waals surface area contributed by atoms with Crippen LogP contribution >= 0.6 is 0 Å². The van der Waals surface area contributed by atoms with Crippen LogP contribution in [0.1, 0.15) is 25.1 Å². The lowest BCUT2D eigenvalue weighted by atomic mass is 10.2. The average molecular weight is 205 g/mol. The Bertz CT molecular complexity index is 344. The van der Waals surface area contributed by atoms with Crippen molar-refractivity contribution < 1.29 is 0 Å². The van der Waals surface area contributed by atoms with Gasteiger partial charge in [-0.1, -0.05) is 19.8 Å². The van der Waals surface area contributed by atoms with Gasteiger partial charge in [0.2, 0.25) is 0 Å². The first-order valence-electron chi connectivity index (χ1n) is 5.30. The minimum absolute atomic E-state index is 0.547. The van der Waals surface area contributed by atoms with Gasteiger partial charge in [0.15, 0.2) is 0 Å². The Balaban J connectivity index is 2.50. The summed E-state index contributed by atoms with van der Waals surface area (Å²) in [7, 11) is 0. The van der Waals surface area contributed by atoms with Crippen molar-refractivity contribution in [2.24, 2.45) is 5.92 Å². The van der Waals surface area contributed by atoms with Crippen LogP contribution in [0, 0.1) is 25.2 Å². The first-order chi connectivity index (χ1) is 7.13. The highest BCUT2D eigenvalue weighted by atomic mass is 15.3. The van der Waals surface area contributed by atoms with Crippen molar-refractivity contribution >= 4 is 0 Å². The fraction of sp³-hybridized carbons (Fsp3) is 0.583. The number of aryl methyl sites for hydroxylation is 1. The maximum absolute atomic E-state index is 5.23. The molecule has 0 aromatic carbocycles. The monoisotopic (exact) mass is 205 g/mol. The summed E-state index contributed by atoms with van der Waals surface area (Å²) in [4.78, 5) is 0. The van der Waals surface area contributed by atoms with Crippen molar-refractivity contribution in [3.63, 3.8) is 0 Å². The van der Waals surface area contributed by atoms with Crippen molar-refractivity contribution in [1.82, 2.24) is 15.1 Å². The van der Waals surface area contributed by atoms with Crippen LogP contribution in [0.4, 0.5) is 0 Å². The van der Waals surface area contributed by atoms with Gasteiger partial charge in [0.1, 0.15) is 6.54 Å². The summed E-state index contributed by atoms with van der Waals surface area (Å²) in [6.45, 7) is 8.85. The maximum atomic E-state index is 5.23. The van der Waals surface area contributed by atoms with E-state index in [9.17, 15) is 0 Å². The van der Waals surface area contributed by atoms with Gasteiger partial charge in [0.05, 0.1) is 5.69 Å². The molecule has 0 saturated heterocycles. The van der Waals surface area contributed by atoms with E-state index in [0.717, 1.165) is 18.8 Å². The fourth-order valence-corrected chi connectivity index (χ4v) is 1.40. The molecule has 0 fully saturated rings. The van der Waals surface area contributed by atoms with E-state index in [2.05, 4.69) is 30.2 Å². The average Bonchev–Trinajstić information content (AvgIpc) is 2.47. The minimum atomic E-state index is 0.547. The van der Waals surface area contributed by atoms with Gasteiger partial charge >= 0.3 is 0 Å². The summed E-state index contributed by atoms with van der Waals surface area (Å²) in [5.74, 6) is 3.25. The van der Waals surface area contributed by atoms with Crippen molar-refractivity contribution in [3.05, 3.63) is 17.5 Å². The molecule has 3 nitrogen and oxygen atoms in total. The second-order valence-electron chi connectivity index (χ2n) is 4.17. The third-order valence-corrected chi connectivity index (χ3v) is 2.17. The van der Waals surface area contributed by atoms with Crippen LogP contribution in [-0.2, 0) is 13.1 Å². The molecule has 1 aromatic heterocycles. The van der Waals surface area contributed by atoms with Gasteiger partial charge in [-0.05, 0) is 19.4 Å². The van der Waals surface area contributed by atoms with Crippen molar-refractivity contribution in [3.8, 4) is 12.3 Å². The Labute approximate surface area is 91.9 Å². The first kappa shape index (κ1) is 11.8. The summed E-state index contributed by atoms with van der Waals surface area (Å²) in [5, 5.41) is 7.72. The number of hydrogen-bond donors (Lipinski definition) is 1. The molecule has 0 saturated carbocycles. The molecule has 0 atom stereocenters. The molecule has 3 heteroatoms. The van der Waals surface area contributed by atoms with E-state index in [1.165, 1.54) is 5.56 Å². The second-order valence-corrected chi connectivity index (χ2v) is 4.17. The molecule has 15 heavy (non-hydrogen) atoms. The fourth-order valence-electron chi connectivity index (χ4n) is 1.40. The van der Waals surface area contributed by atoms with Crippen LogP contribution in [0.15, 0.2) is 6.20 Å². The van der Waals surface area contributed by atoms with E-state index >= 15 is 0 Å². The topological polar surface area (TPSA) is 29.9 Å². The number of terminal acetylenes is 1.